The minimum absolute atomic E-state index is 0.574. The maximum atomic E-state index is 9.57. The van der Waals surface area contributed by atoms with Gasteiger partial charge in [0.05, 0.1) is 35.8 Å². The van der Waals surface area contributed by atoms with Crippen molar-refractivity contribution in [2.24, 2.45) is 0 Å². The number of hydrogen-bond donors (Lipinski definition) is 0. The molecule has 0 aliphatic rings. The summed E-state index contributed by atoms with van der Waals surface area (Å²) in [5.41, 5.74) is 7.02. The third-order valence-corrected chi connectivity index (χ3v) is 14.4. The van der Waals surface area contributed by atoms with Crippen LogP contribution in [0.3, 0.4) is 0 Å². The summed E-state index contributed by atoms with van der Waals surface area (Å²) in [6.45, 7) is 15.1. The molecular formula is C45H28N4Si. The number of aromatic nitrogens is 1. The first-order valence-corrected chi connectivity index (χ1v) is 18.3. The first kappa shape index (κ1) is 30.4. The van der Waals surface area contributed by atoms with Crippen LogP contribution >= 0.6 is 0 Å². The lowest BCUT2D eigenvalue weighted by molar-refractivity contribution is 1.18. The molecule has 7 aromatic carbocycles. The average Bonchev–Trinajstić information content (AvgIpc) is 3.52. The quantitative estimate of drug-likeness (QED) is 0.101. The first-order chi connectivity index (χ1) is 24.6. The Balaban J connectivity index is 1.23. The zero-order chi connectivity index (χ0) is 34.1. The number of benzene rings is 7. The number of rotatable bonds is 6. The summed E-state index contributed by atoms with van der Waals surface area (Å²) in [6, 6.07) is 61.1. The Morgan fingerprint density at radius 1 is 0.480 bits per heavy atom. The highest BCUT2D eigenvalue weighted by atomic mass is 28.3. The molecule has 0 radical (unpaired) electrons. The number of fused-ring (bicyclic) bond motifs is 3. The van der Waals surface area contributed by atoms with Gasteiger partial charge in [-0.05, 0) is 79.7 Å². The summed E-state index contributed by atoms with van der Waals surface area (Å²) in [7, 11) is -2.72. The molecule has 0 amide bonds. The summed E-state index contributed by atoms with van der Waals surface area (Å²) >= 11 is 0. The number of hydrogen-bond acceptors (Lipinski definition) is 1. The maximum Gasteiger partial charge on any atom is 0.188 e. The van der Waals surface area contributed by atoms with Gasteiger partial charge in [-0.1, -0.05) is 127 Å². The van der Waals surface area contributed by atoms with Crippen molar-refractivity contribution >= 4 is 62.0 Å². The molecule has 0 unspecified atom stereocenters. The summed E-state index contributed by atoms with van der Waals surface area (Å²) in [5.74, 6) is 0. The lowest BCUT2D eigenvalue weighted by Gasteiger charge is -2.34. The molecule has 0 fully saturated rings. The fraction of sp³-hybridized carbons (Fsp3) is 0. The Labute approximate surface area is 292 Å². The summed E-state index contributed by atoms with van der Waals surface area (Å²) in [4.78, 5) is 7.31. The Hall–Kier alpha value is -6.97. The fourth-order valence-corrected chi connectivity index (χ4v) is 12.0. The van der Waals surface area contributed by atoms with Gasteiger partial charge in [-0.25, -0.2) is 9.69 Å². The molecule has 8 aromatic rings. The second-order valence-corrected chi connectivity index (χ2v) is 16.1. The monoisotopic (exact) mass is 652 g/mol. The van der Waals surface area contributed by atoms with Crippen molar-refractivity contribution in [1.82, 2.24) is 4.57 Å². The Morgan fingerprint density at radius 3 is 1.48 bits per heavy atom. The van der Waals surface area contributed by atoms with E-state index in [-0.39, 0.29) is 0 Å². The van der Waals surface area contributed by atoms with Crippen molar-refractivity contribution in [3.8, 4) is 22.9 Å². The van der Waals surface area contributed by atoms with Gasteiger partial charge in [0.2, 0.25) is 0 Å². The van der Waals surface area contributed by atoms with Gasteiger partial charge in [0.1, 0.15) is 0 Å². The molecule has 0 aliphatic heterocycles. The zero-order valence-corrected chi connectivity index (χ0v) is 28.0. The molecule has 0 atom stereocenters. The highest BCUT2D eigenvalue weighted by Gasteiger charge is 2.41. The molecule has 50 heavy (non-hydrogen) atoms. The van der Waals surface area contributed by atoms with Crippen molar-refractivity contribution in [3.05, 3.63) is 198 Å². The van der Waals surface area contributed by atoms with Crippen LogP contribution in [0.15, 0.2) is 170 Å². The van der Waals surface area contributed by atoms with Crippen molar-refractivity contribution in [2.45, 2.75) is 0 Å². The van der Waals surface area contributed by atoms with Crippen LogP contribution in [-0.2, 0) is 0 Å². The van der Waals surface area contributed by atoms with Gasteiger partial charge >= 0.3 is 0 Å². The molecule has 5 heteroatoms. The second-order valence-electron chi connectivity index (χ2n) is 12.3. The van der Waals surface area contributed by atoms with E-state index in [1.807, 2.05) is 48.5 Å². The smallest absolute Gasteiger partial charge is 0.188 e. The number of nitriles is 1. The highest BCUT2D eigenvalue weighted by molar-refractivity contribution is 7.19. The van der Waals surface area contributed by atoms with Gasteiger partial charge in [0, 0.05) is 11.1 Å². The van der Waals surface area contributed by atoms with Crippen LogP contribution in [0.25, 0.3) is 48.3 Å². The van der Waals surface area contributed by atoms with Crippen LogP contribution in [0.4, 0.5) is 11.4 Å². The van der Waals surface area contributed by atoms with Gasteiger partial charge in [-0.15, -0.1) is 0 Å². The first-order valence-electron chi connectivity index (χ1n) is 16.3. The minimum Gasteiger partial charge on any atom is -0.309 e. The molecule has 0 aliphatic carbocycles. The topological polar surface area (TPSA) is 37.4 Å². The van der Waals surface area contributed by atoms with Gasteiger partial charge in [-0.3, -0.25) is 0 Å². The molecule has 0 bridgehead atoms. The van der Waals surface area contributed by atoms with Crippen LogP contribution in [0.1, 0.15) is 5.56 Å². The summed E-state index contributed by atoms with van der Waals surface area (Å²) in [6.07, 6.45) is 0. The predicted octanol–water partition coefficient (Wildman–Crippen LogP) is 8.80. The fourth-order valence-electron chi connectivity index (χ4n) is 7.31. The lowest BCUT2D eigenvalue weighted by atomic mass is 10.1. The van der Waals surface area contributed by atoms with Crippen LogP contribution in [0.2, 0.25) is 0 Å². The van der Waals surface area contributed by atoms with Crippen LogP contribution in [0, 0.1) is 24.5 Å². The van der Waals surface area contributed by atoms with E-state index in [0.717, 1.165) is 38.6 Å². The van der Waals surface area contributed by atoms with E-state index >= 15 is 0 Å². The summed E-state index contributed by atoms with van der Waals surface area (Å²) in [5, 5.41) is 16.6. The Kier molecular flexibility index (Phi) is 7.63. The average molecular weight is 653 g/mol. The van der Waals surface area contributed by atoms with Crippen LogP contribution in [-0.4, -0.2) is 12.6 Å². The molecule has 0 saturated heterocycles. The lowest BCUT2D eigenvalue weighted by Crippen LogP contribution is -2.74. The minimum atomic E-state index is -2.72. The largest absolute Gasteiger partial charge is 0.309 e. The predicted molar refractivity (Wildman–Crippen MR) is 207 cm³/mol. The van der Waals surface area contributed by atoms with E-state index < -0.39 is 8.07 Å². The molecular weight excluding hydrogens is 625 g/mol. The van der Waals surface area contributed by atoms with Crippen LogP contribution < -0.4 is 20.7 Å². The normalized spacial score (nSPS) is 11.1. The Morgan fingerprint density at radius 2 is 0.940 bits per heavy atom. The van der Waals surface area contributed by atoms with Crippen molar-refractivity contribution in [2.75, 3.05) is 0 Å². The molecule has 0 saturated carbocycles. The van der Waals surface area contributed by atoms with E-state index in [2.05, 4.69) is 142 Å². The van der Waals surface area contributed by atoms with E-state index in [4.69, 9.17) is 13.1 Å². The van der Waals surface area contributed by atoms with Crippen molar-refractivity contribution in [1.29, 1.82) is 5.26 Å². The van der Waals surface area contributed by atoms with E-state index in [1.165, 1.54) is 20.7 Å². The molecule has 1 heterocycles. The molecule has 4 nitrogen and oxygen atoms in total. The maximum absolute atomic E-state index is 9.57. The van der Waals surface area contributed by atoms with Crippen LogP contribution in [0.5, 0.6) is 0 Å². The van der Waals surface area contributed by atoms with Crippen molar-refractivity contribution < 1.29 is 0 Å². The molecule has 1 aromatic heterocycles. The van der Waals surface area contributed by atoms with Gasteiger partial charge in [0.25, 0.3) is 0 Å². The molecule has 0 N–H and O–H groups in total. The van der Waals surface area contributed by atoms with Gasteiger partial charge in [-0.2, -0.15) is 5.26 Å². The zero-order valence-electron chi connectivity index (χ0n) is 27.0. The molecule has 8 rings (SSSR count). The second kappa shape index (κ2) is 12.6. The van der Waals surface area contributed by atoms with Crippen molar-refractivity contribution in [3.63, 3.8) is 0 Å². The van der Waals surface area contributed by atoms with E-state index in [1.54, 1.807) is 0 Å². The molecule has 232 valence electrons. The van der Waals surface area contributed by atoms with Gasteiger partial charge in [0.15, 0.2) is 19.4 Å². The standard InChI is InChI=1S/C45H28N4Si/c1-47-35-18-25-41(26-19-35)50(38-9-5-3-6-10-38,39-11-7-4-8-12-39)40-23-16-34(17-24-40)33-14-21-37(22-15-33)49-44-27-13-32(31-46)29-42(44)43-30-36(48-2)20-28-45(43)49/h3-30H. The number of nitrogens with zero attached hydrogens (tertiary/aromatic N) is 4. The molecule has 0 spiro atoms. The van der Waals surface area contributed by atoms with Gasteiger partial charge < -0.3 is 4.57 Å². The Bertz CT molecular complexity index is 2530. The third kappa shape index (κ3) is 4.97. The SMILES string of the molecule is [C-]#[N+]c1ccc([Si](c2ccccc2)(c2ccccc2)c2ccc(-c3ccc(-n4c5ccc(C#N)cc5c5cc([N+]#[C-])ccc54)cc3)cc2)cc1. The highest BCUT2D eigenvalue weighted by Crippen LogP contribution is 2.35. The van der Waals surface area contributed by atoms with E-state index in [9.17, 15) is 5.26 Å². The third-order valence-electron chi connectivity index (χ3n) is 9.63. The summed E-state index contributed by atoms with van der Waals surface area (Å²) < 4.78 is 2.20. The van der Waals surface area contributed by atoms with E-state index in [0.29, 0.717) is 16.9 Å².